The molecule has 0 spiro atoms. The van der Waals surface area contributed by atoms with Gasteiger partial charge in [0.1, 0.15) is 0 Å². The van der Waals surface area contributed by atoms with Gasteiger partial charge in [-0.2, -0.15) is 0 Å². The Morgan fingerprint density at radius 2 is 2.20 bits per heavy atom. The van der Waals surface area contributed by atoms with Crippen molar-refractivity contribution in [3.8, 4) is 0 Å². The predicted molar refractivity (Wildman–Crippen MR) is 64.2 cm³/mol. The molecule has 0 saturated carbocycles. The first-order valence-electron chi connectivity index (χ1n) is 5.15. The highest BCUT2D eigenvalue weighted by Gasteiger charge is 2.06. The maximum absolute atomic E-state index is 6.04. The second-order valence-electron chi connectivity index (χ2n) is 3.75. The predicted octanol–water partition coefficient (Wildman–Crippen LogP) is 3.07. The van der Waals surface area contributed by atoms with Crippen LogP contribution in [0, 0.1) is 6.92 Å². The number of hydrogen-bond acceptors (Lipinski definition) is 2. The summed E-state index contributed by atoms with van der Waals surface area (Å²) < 4.78 is 4.99. The minimum absolute atomic E-state index is 0.0539. The first-order chi connectivity index (χ1) is 7.15. The van der Waals surface area contributed by atoms with E-state index in [0.717, 1.165) is 35.6 Å². The first-order valence-corrected chi connectivity index (χ1v) is 5.53. The van der Waals surface area contributed by atoms with Crippen LogP contribution >= 0.6 is 11.6 Å². The highest BCUT2D eigenvalue weighted by atomic mass is 35.5. The summed E-state index contributed by atoms with van der Waals surface area (Å²) in [5.41, 5.74) is 8.23. The van der Waals surface area contributed by atoms with E-state index in [4.69, 9.17) is 22.1 Å². The van der Waals surface area contributed by atoms with Crippen molar-refractivity contribution in [2.45, 2.75) is 25.8 Å². The van der Waals surface area contributed by atoms with Gasteiger partial charge in [0, 0.05) is 24.8 Å². The Morgan fingerprint density at radius 3 is 2.80 bits per heavy atom. The van der Waals surface area contributed by atoms with Crippen LogP contribution in [0.15, 0.2) is 18.2 Å². The molecule has 3 heteroatoms. The van der Waals surface area contributed by atoms with Gasteiger partial charge >= 0.3 is 0 Å². The monoisotopic (exact) mass is 227 g/mol. The second-order valence-corrected chi connectivity index (χ2v) is 4.16. The number of halogens is 1. The standard InChI is InChI=1S/C12H18ClNO/c1-9-5-6-10(8-11(9)13)12(14)4-3-7-15-2/h5-6,8,12H,3-4,7,14H2,1-2H3. The molecule has 84 valence electrons. The van der Waals surface area contributed by atoms with E-state index in [1.165, 1.54) is 0 Å². The van der Waals surface area contributed by atoms with Crippen molar-refractivity contribution >= 4 is 11.6 Å². The van der Waals surface area contributed by atoms with Crippen LogP contribution in [0.4, 0.5) is 0 Å². The normalized spacial score (nSPS) is 12.8. The Bertz CT molecular complexity index is 314. The summed E-state index contributed by atoms with van der Waals surface area (Å²) in [5.74, 6) is 0. The van der Waals surface area contributed by atoms with Crippen molar-refractivity contribution in [2.75, 3.05) is 13.7 Å². The van der Waals surface area contributed by atoms with Gasteiger partial charge in [-0.05, 0) is 37.0 Å². The molecule has 0 heterocycles. The van der Waals surface area contributed by atoms with E-state index in [2.05, 4.69) is 0 Å². The van der Waals surface area contributed by atoms with Crippen molar-refractivity contribution in [1.29, 1.82) is 0 Å². The lowest BCUT2D eigenvalue weighted by Crippen LogP contribution is -2.11. The molecule has 0 aliphatic heterocycles. The van der Waals surface area contributed by atoms with Gasteiger partial charge in [0.05, 0.1) is 0 Å². The maximum atomic E-state index is 6.04. The Hall–Kier alpha value is -0.570. The van der Waals surface area contributed by atoms with Gasteiger partial charge in [0.25, 0.3) is 0 Å². The third-order valence-corrected chi connectivity index (χ3v) is 2.89. The van der Waals surface area contributed by atoms with E-state index in [0.29, 0.717) is 0 Å². The number of ether oxygens (including phenoxy) is 1. The van der Waals surface area contributed by atoms with Crippen molar-refractivity contribution in [1.82, 2.24) is 0 Å². The van der Waals surface area contributed by atoms with E-state index < -0.39 is 0 Å². The van der Waals surface area contributed by atoms with E-state index >= 15 is 0 Å². The van der Waals surface area contributed by atoms with E-state index in [1.807, 2.05) is 25.1 Å². The van der Waals surface area contributed by atoms with Gasteiger partial charge in [-0.3, -0.25) is 0 Å². The first kappa shape index (κ1) is 12.5. The Kier molecular flexibility index (Phi) is 5.09. The second kappa shape index (κ2) is 6.11. The summed E-state index contributed by atoms with van der Waals surface area (Å²) in [6.45, 7) is 2.75. The molecule has 1 atom stereocenters. The van der Waals surface area contributed by atoms with Gasteiger partial charge in [0.15, 0.2) is 0 Å². The van der Waals surface area contributed by atoms with Gasteiger partial charge < -0.3 is 10.5 Å². The molecule has 15 heavy (non-hydrogen) atoms. The summed E-state index contributed by atoms with van der Waals surface area (Å²) in [7, 11) is 1.70. The molecule has 1 aromatic carbocycles. The average molecular weight is 228 g/mol. The van der Waals surface area contributed by atoms with Gasteiger partial charge in [-0.15, -0.1) is 0 Å². The average Bonchev–Trinajstić information content (AvgIpc) is 2.22. The zero-order valence-corrected chi connectivity index (χ0v) is 10.1. The van der Waals surface area contributed by atoms with Crippen LogP contribution in [0.1, 0.15) is 30.0 Å². The molecule has 0 aliphatic rings. The highest BCUT2D eigenvalue weighted by Crippen LogP contribution is 2.22. The molecule has 0 bridgehead atoms. The molecule has 0 fully saturated rings. The number of rotatable bonds is 5. The maximum Gasteiger partial charge on any atom is 0.0462 e. The third-order valence-electron chi connectivity index (χ3n) is 2.49. The lowest BCUT2D eigenvalue weighted by atomic mass is 10.0. The van der Waals surface area contributed by atoms with Crippen molar-refractivity contribution in [3.05, 3.63) is 34.3 Å². The molecule has 1 rings (SSSR count). The molecule has 1 aromatic rings. The lowest BCUT2D eigenvalue weighted by Gasteiger charge is -2.12. The van der Waals surface area contributed by atoms with Crippen LogP contribution in [0.3, 0.4) is 0 Å². The Labute approximate surface area is 96.4 Å². The van der Waals surface area contributed by atoms with Crippen LogP contribution in [-0.4, -0.2) is 13.7 Å². The number of methoxy groups -OCH3 is 1. The van der Waals surface area contributed by atoms with Crippen LogP contribution in [-0.2, 0) is 4.74 Å². The zero-order chi connectivity index (χ0) is 11.3. The van der Waals surface area contributed by atoms with Crippen molar-refractivity contribution < 1.29 is 4.74 Å². The quantitative estimate of drug-likeness (QED) is 0.785. The fourth-order valence-corrected chi connectivity index (χ4v) is 1.64. The van der Waals surface area contributed by atoms with Crippen molar-refractivity contribution in [3.63, 3.8) is 0 Å². The van der Waals surface area contributed by atoms with Crippen LogP contribution < -0.4 is 5.73 Å². The third kappa shape index (κ3) is 3.82. The topological polar surface area (TPSA) is 35.2 Å². The minimum atomic E-state index is 0.0539. The minimum Gasteiger partial charge on any atom is -0.385 e. The summed E-state index contributed by atoms with van der Waals surface area (Å²) in [5, 5.41) is 0.787. The molecule has 0 radical (unpaired) electrons. The van der Waals surface area contributed by atoms with E-state index in [9.17, 15) is 0 Å². The number of nitrogens with two attached hydrogens (primary N) is 1. The fraction of sp³-hybridized carbons (Fsp3) is 0.500. The smallest absolute Gasteiger partial charge is 0.0462 e. The molecule has 0 aromatic heterocycles. The number of benzene rings is 1. The SMILES string of the molecule is COCCCC(N)c1ccc(C)c(Cl)c1. The van der Waals surface area contributed by atoms with E-state index in [1.54, 1.807) is 7.11 Å². The van der Waals surface area contributed by atoms with Gasteiger partial charge in [-0.1, -0.05) is 23.7 Å². The van der Waals surface area contributed by atoms with Crippen LogP contribution in [0.5, 0.6) is 0 Å². The van der Waals surface area contributed by atoms with Crippen LogP contribution in [0.25, 0.3) is 0 Å². The highest BCUT2D eigenvalue weighted by molar-refractivity contribution is 6.31. The molecule has 2 nitrogen and oxygen atoms in total. The number of hydrogen-bond donors (Lipinski definition) is 1. The molecule has 1 unspecified atom stereocenters. The zero-order valence-electron chi connectivity index (χ0n) is 9.29. The largest absolute Gasteiger partial charge is 0.385 e. The van der Waals surface area contributed by atoms with Crippen LogP contribution in [0.2, 0.25) is 5.02 Å². The molecular weight excluding hydrogens is 210 g/mol. The van der Waals surface area contributed by atoms with Crippen molar-refractivity contribution in [2.24, 2.45) is 5.73 Å². The van der Waals surface area contributed by atoms with E-state index in [-0.39, 0.29) is 6.04 Å². The summed E-state index contributed by atoms with van der Waals surface area (Å²) >= 11 is 6.04. The lowest BCUT2D eigenvalue weighted by molar-refractivity contribution is 0.190. The molecule has 0 aliphatic carbocycles. The molecular formula is C12H18ClNO. The summed E-state index contributed by atoms with van der Waals surface area (Å²) in [4.78, 5) is 0. The fourth-order valence-electron chi connectivity index (χ4n) is 1.45. The van der Waals surface area contributed by atoms with Gasteiger partial charge in [0.2, 0.25) is 0 Å². The Morgan fingerprint density at radius 1 is 1.47 bits per heavy atom. The van der Waals surface area contributed by atoms with Gasteiger partial charge in [-0.25, -0.2) is 0 Å². The molecule has 0 amide bonds. The molecule has 0 saturated heterocycles. The number of aryl methyl sites for hydroxylation is 1. The molecule has 2 N–H and O–H groups in total. The summed E-state index contributed by atoms with van der Waals surface area (Å²) in [6, 6.07) is 6.05. The Balaban J connectivity index is 2.57. The summed E-state index contributed by atoms with van der Waals surface area (Å²) in [6.07, 6.45) is 1.90.